The average Bonchev–Trinajstić information content (AvgIpc) is 3.06. The maximum atomic E-state index is 12.0. The molecule has 2 N–H and O–H groups in total. The quantitative estimate of drug-likeness (QED) is 0.438. The number of carbonyl (C=O) groups excluding carboxylic acids is 1. The lowest BCUT2D eigenvalue weighted by Crippen LogP contribution is -2.18. The fourth-order valence-electron chi connectivity index (χ4n) is 2.50. The summed E-state index contributed by atoms with van der Waals surface area (Å²) in [5.41, 5.74) is 1.92. The van der Waals surface area contributed by atoms with Crippen molar-refractivity contribution in [2.45, 2.75) is 0 Å². The van der Waals surface area contributed by atoms with E-state index in [4.69, 9.17) is 39.5 Å². The third-order valence-electron chi connectivity index (χ3n) is 3.70. The molecule has 2 heterocycles. The number of imidazole rings is 1. The Morgan fingerprint density at radius 2 is 1.75 bits per heavy atom. The second kappa shape index (κ2) is 7.63. The predicted octanol–water partition coefficient (Wildman–Crippen LogP) is 5.59. The second-order valence-electron chi connectivity index (χ2n) is 5.60. The number of nitrogens with zero attached hydrogens (tertiary/aromatic N) is 3. The van der Waals surface area contributed by atoms with Crippen molar-refractivity contribution in [2.75, 3.05) is 5.32 Å². The van der Waals surface area contributed by atoms with E-state index in [1.165, 1.54) is 12.4 Å². The zero-order valence-electron chi connectivity index (χ0n) is 13.9. The number of fused-ring (bicyclic) bond motifs is 1. The Labute approximate surface area is 173 Å². The monoisotopic (exact) mass is 433 g/mol. The minimum absolute atomic E-state index is 0.0765. The van der Waals surface area contributed by atoms with Gasteiger partial charge in [-0.3, -0.25) is 5.32 Å². The molecule has 0 fully saturated rings. The molecule has 140 valence electrons. The first-order valence-corrected chi connectivity index (χ1v) is 9.03. The number of hydrogen-bond acceptors (Lipinski definition) is 5. The summed E-state index contributed by atoms with van der Waals surface area (Å²) in [5.74, 6) is 0.897. The highest BCUT2D eigenvalue weighted by Crippen LogP contribution is 2.34. The first-order valence-electron chi connectivity index (χ1n) is 7.90. The summed E-state index contributed by atoms with van der Waals surface area (Å²) in [6.07, 6.45) is 1.99. The average molecular weight is 435 g/mol. The number of halogens is 3. The topological polar surface area (TPSA) is 92.8 Å². The van der Waals surface area contributed by atoms with Crippen molar-refractivity contribution in [1.82, 2.24) is 19.9 Å². The second-order valence-corrected chi connectivity index (χ2v) is 6.85. The molecular formula is C18H10Cl3N5O2. The van der Waals surface area contributed by atoms with Crippen LogP contribution in [0.25, 0.3) is 22.4 Å². The van der Waals surface area contributed by atoms with Gasteiger partial charge in [0, 0.05) is 6.07 Å². The van der Waals surface area contributed by atoms with Crippen molar-refractivity contribution in [3.05, 3.63) is 63.9 Å². The minimum Gasteiger partial charge on any atom is -0.410 e. The molecule has 10 heteroatoms. The van der Waals surface area contributed by atoms with E-state index in [9.17, 15) is 4.79 Å². The van der Waals surface area contributed by atoms with Gasteiger partial charge < -0.3 is 9.72 Å². The molecule has 0 saturated heterocycles. The van der Waals surface area contributed by atoms with Crippen LogP contribution < -0.4 is 10.1 Å². The van der Waals surface area contributed by atoms with Crippen molar-refractivity contribution in [3.63, 3.8) is 0 Å². The lowest BCUT2D eigenvalue weighted by molar-refractivity contribution is 0.215. The highest BCUT2D eigenvalue weighted by atomic mass is 35.5. The molecule has 0 atom stereocenters. The maximum Gasteiger partial charge on any atom is 0.419 e. The number of nitrogens with one attached hydrogen (secondary N) is 2. The number of benzene rings is 2. The number of H-pyrrole nitrogens is 1. The van der Waals surface area contributed by atoms with E-state index >= 15 is 0 Å². The highest BCUT2D eigenvalue weighted by molar-refractivity contribution is 6.39. The molecule has 0 bridgehead atoms. The van der Waals surface area contributed by atoms with Crippen LogP contribution in [0, 0.1) is 0 Å². The van der Waals surface area contributed by atoms with Gasteiger partial charge in [0.1, 0.15) is 11.6 Å². The Morgan fingerprint density at radius 3 is 2.46 bits per heavy atom. The lowest BCUT2D eigenvalue weighted by atomic mass is 10.2. The van der Waals surface area contributed by atoms with Crippen molar-refractivity contribution < 1.29 is 9.53 Å². The van der Waals surface area contributed by atoms with Crippen molar-refractivity contribution >= 4 is 57.9 Å². The Hall–Kier alpha value is -2.87. The molecule has 0 aliphatic carbocycles. The Bertz CT molecular complexity index is 1160. The molecule has 4 rings (SSSR count). The molecule has 2 aromatic heterocycles. The van der Waals surface area contributed by atoms with Crippen LogP contribution in [-0.4, -0.2) is 26.0 Å². The molecule has 0 spiro atoms. The van der Waals surface area contributed by atoms with Gasteiger partial charge >= 0.3 is 6.09 Å². The van der Waals surface area contributed by atoms with Gasteiger partial charge in [-0.1, -0.05) is 40.9 Å². The predicted molar refractivity (Wildman–Crippen MR) is 108 cm³/mol. The van der Waals surface area contributed by atoms with Crippen LogP contribution in [0.5, 0.6) is 5.75 Å². The van der Waals surface area contributed by atoms with E-state index in [0.29, 0.717) is 43.2 Å². The van der Waals surface area contributed by atoms with Crippen LogP contribution in [0.1, 0.15) is 0 Å². The van der Waals surface area contributed by atoms with Gasteiger partial charge in [0.05, 0.1) is 44.1 Å². The van der Waals surface area contributed by atoms with Crippen LogP contribution in [0.2, 0.25) is 15.1 Å². The minimum atomic E-state index is -0.740. The van der Waals surface area contributed by atoms with Crippen LogP contribution in [-0.2, 0) is 0 Å². The Kier molecular flexibility index (Phi) is 5.04. The molecule has 1 amide bonds. The number of hydrogen-bond donors (Lipinski definition) is 2. The van der Waals surface area contributed by atoms with Gasteiger partial charge in [-0.25, -0.2) is 19.7 Å². The summed E-state index contributed by atoms with van der Waals surface area (Å²) in [4.78, 5) is 27.4. The van der Waals surface area contributed by atoms with E-state index in [1.807, 2.05) is 0 Å². The van der Waals surface area contributed by atoms with Crippen molar-refractivity contribution in [1.29, 1.82) is 0 Å². The molecule has 0 radical (unpaired) electrons. The number of aromatic amines is 1. The normalized spacial score (nSPS) is 10.8. The van der Waals surface area contributed by atoms with E-state index in [1.54, 1.807) is 36.4 Å². The van der Waals surface area contributed by atoms with Gasteiger partial charge in [0.2, 0.25) is 5.95 Å². The number of amides is 1. The molecular weight excluding hydrogens is 425 g/mol. The van der Waals surface area contributed by atoms with E-state index in [2.05, 4.69) is 25.3 Å². The fraction of sp³-hybridized carbons (Fsp3) is 0. The zero-order chi connectivity index (χ0) is 19.7. The van der Waals surface area contributed by atoms with Gasteiger partial charge in [-0.05, 0) is 24.3 Å². The summed E-state index contributed by atoms with van der Waals surface area (Å²) in [5, 5.41) is 3.72. The largest absolute Gasteiger partial charge is 0.419 e. The van der Waals surface area contributed by atoms with E-state index < -0.39 is 6.09 Å². The molecule has 0 unspecified atom stereocenters. The Balaban J connectivity index is 1.56. The van der Waals surface area contributed by atoms with Gasteiger partial charge in [0.25, 0.3) is 0 Å². The summed E-state index contributed by atoms with van der Waals surface area (Å²) < 4.78 is 5.26. The molecule has 7 nitrogen and oxygen atoms in total. The highest BCUT2D eigenvalue weighted by Gasteiger charge is 2.14. The molecule has 0 aliphatic heterocycles. The van der Waals surface area contributed by atoms with E-state index in [0.717, 1.165) is 0 Å². The number of rotatable bonds is 3. The van der Waals surface area contributed by atoms with Gasteiger partial charge in [-0.15, -0.1) is 0 Å². The summed E-state index contributed by atoms with van der Waals surface area (Å²) in [7, 11) is 0. The summed E-state index contributed by atoms with van der Waals surface area (Å²) in [6, 6.07) is 10.2. The Morgan fingerprint density at radius 1 is 1.04 bits per heavy atom. The third kappa shape index (κ3) is 3.87. The molecule has 0 aliphatic rings. The maximum absolute atomic E-state index is 12.0. The number of carbonyl (C=O) groups is 1. The summed E-state index contributed by atoms with van der Waals surface area (Å²) in [6.45, 7) is 0. The fourth-order valence-corrected chi connectivity index (χ4v) is 3.17. The molecule has 2 aromatic carbocycles. The van der Waals surface area contributed by atoms with Crippen molar-refractivity contribution in [2.24, 2.45) is 0 Å². The smallest absolute Gasteiger partial charge is 0.410 e. The number of aromatic nitrogens is 4. The van der Waals surface area contributed by atoms with Gasteiger partial charge in [0.15, 0.2) is 0 Å². The van der Waals surface area contributed by atoms with Crippen molar-refractivity contribution in [3.8, 4) is 17.1 Å². The van der Waals surface area contributed by atoms with Crippen LogP contribution in [0.15, 0.2) is 48.8 Å². The first-order chi connectivity index (χ1) is 13.5. The van der Waals surface area contributed by atoms with Gasteiger partial charge in [-0.2, -0.15) is 0 Å². The van der Waals surface area contributed by atoms with Crippen LogP contribution in [0.4, 0.5) is 10.7 Å². The molecule has 4 aromatic rings. The van der Waals surface area contributed by atoms with E-state index in [-0.39, 0.29) is 5.95 Å². The lowest BCUT2D eigenvalue weighted by Gasteiger charge is -2.05. The SMILES string of the molecule is O=C(Nc1ncc(Cl)cn1)Oc1ccc2nc(-c3c(Cl)cccc3Cl)[nH]c2c1. The first kappa shape index (κ1) is 18.5. The molecule has 28 heavy (non-hydrogen) atoms. The summed E-state index contributed by atoms with van der Waals surface area (Å²) >= 11 is 18.2. The van der Waals surface area contributed by atoms with Crippen LogP contribution in [0.3, 0.4) is 0 Å². The zero-order valence-corrected chi connectivity index (χ0v) is 16.2. The number of ether oxygens (including phenoxy) is 1. The van der Waals surface area contributed by atoms with Crippen LogP contribution >= 0.6 is 34.8 Å². The number of anilines is 1. The standard InChI is InChI=1S/C18H10Cl3N5O2/c19-9-7-22-17(23-8-9)26-18(27)28-10-4-5-13-14(6-10)25-16(24-13)15-11(20)2-1-3-12(15)21/h1-8H,(H,24,25)(H,22,23,26,27). The third-order valence-corrected chi connectivity index (χ3v) is 4.52. The molecule has 0 saturated carbocycles.